The Balaban J connectivity index is 1.54. The lowest BCUT2D eigenvalue weighted by atomic mass is 9.78. The summed E-state index contributed by atoms with van der Waals surface area (Å²) in [7, 11) is 0. The van der Waals surface area contributed by atoms with E-state index in [4.69, 9.17) is 9.47 Å². The third-order valence-electron chi connectivity index (χ3n) is 7.63. The quantitative estimate of drug-likeness (QED) is 0.154. The van der Waals surface area contributed by atoms with Crippen molar-refractivity contribution in [1.82, 2.24) is 0 Å². The number of rotatable bonds is 3. The molecule has 222 valence electrons. The Kier molecular flexibility index (Phi) is 6.29. The maximum absolute atomic E-state index is 13.4. The van der Waals surface area contributed by atoms with Gasteiger partial charge in [0.2, 0.25) is 0 Å². The number of ether oxygens (including phenoxy) is 2. The summed E-state index contributed by atoms with van der Waals surface area (Å²) in [5.74, 6) is -7.57. The Hall–Kier alpha value is -5.53. The normalized spacial score (nSPS) is 22.7. The van der Waals surface area contributed by atoms with E-state index in [2.05, 4.69) is 0 Å². The van der Waals surface area contributed by atoms with Gasteiger partial charge in [-0.2, -0.15) is 0 Å². The maximum atomic E-state index is 13.4. The first-order valence-electron chi connectivity index (χ1n) is 12.8. The van der Waals surface area contributed by atoms with Crippen molar-refractivity contribution in [2.45, 2.75) is 30.3 Å². The van der Waals surface area contributed by atoms with Gasteiger partial charge in [-0.1, -0.05) is 6.07 Å². The fourth-order valence-corrected chi connectivity index (χ4v) is 5.57. The highest BCUT2D eigenvalue weighted by molar-refractivity contribution is 6.04. The first-order valence-corrected chi connectivity index (χ1v) is 12.8. The molecule has 13 nitrogen and oxygen atoms in total. The second-order valence-electron chi connectivity index (χ2n) is 10.3. The molecule has 5 atom stereocenters. The molecule has 10 N–H and O–H groups in total. The molecule has 2 aliphatic rings. The number of benzene rings is 4. The van der Waals surface area contributed by atoms with Crippen molar-refractivity contribution in [3.05, 3.63) is 82.4 Å². The molecule has 0 saturated carbocycles. The average Bonchev–Trinajstić information content (AvgIpc) is 2.96. The van der Waals surface area contributed by atoms with Crippen LogP contribution in [0.4, 0.5) is 0 Å². The van der Waals surface area contributed by atoms with Crippen LogP contribution >= 0.6 is 0 Å². The third-order valence-corrected chi connectivity index (χ3v) is 7.63. The Labute approximate surface area is 241 Å². The van der Waals surface area contributed by atoms with E-state index in [-0.39, 0.29) is 45.1 Å². The molecule has 0 aromatic heterocycles. The minimum absolute atomic E-state index is 0.00363. The number of phenolic OH excluding ortho intramolecular Hbond substituents is 8. The van der Waals surface area contributed by atoms with Gasteiger partial charge >= 0.3 is 0 Å². The molecule has 4 aromatic carbocycles. The summed E-state index contributed by atoms with van der Waals surface area (Å²) in [4.78, 5) is 13.4. The summed E-state index contributed by atoms with van der Waals surface area (Å²) in [6.45, 7) is 0. The predicted octanol–water partition coefficient (Wildman–Crippen LogP) is 2.64. The van der Waals surface area contributed by atoms with Gasteiger partial charge in [0.25, 0.3) is 0 Å². The van der Waals surface area contributed by atoms with Crippen LogP contribution in [0.1, 0.15) is 50.7 Å². The van der Waals surface area contributed by atoms with Crippen LogP contribution in [0.15, 0.2) is 54.6 Å². The molecule has 0 saturated heterocycles. The van der Waals surface area contributed by atoms with Gasteiger partial charge < -0.3 is 60.5 Å². The van der Waals surface area contributed by atoms with Gasteiger partial charge in [0.05, 0.1) is 5.56 Å². The predicted molar refractivity (Wildman–Crippen MR) is 144 cm³/mol. The zero-order chi connectivity index (χ0) is 30.9. The first kappa shape index (κ1) is 27.6. The Morgan fingerprint density at radius 3 is 1.74 bits per heavy atom. The topological polar surface area (TPSA) is 238 Å². The van der Waals surface area contributed by atoms with Crippen LogP contribution in [0.5, 0.6) is 57.5 Å². The van der Waals surface area contributed by atoms with Gasteiger partial charge in [0.15, 0.2) is 58.6 Å². The van der Waals surface area contributed by atoms with Crippen molar-refractivity contribution in [2.24, 2.45) is 0 Å². The van der Waals surface area contributed by atoms with Crippen LogP contribution in [0, 0.1) is 0 Å². The van der Waals surface area contributed by atoms with Crippen molar-refractivity contribution >= 4 is 5.78 Å². The monoisotopic (exact) mass is 592 g/mol. The number of Topliss-reactive ketones (excluding diaryl/α,β-unsaturated/α-hetero) is 1. The molecule has 5 unspecified atom stereocenters. The lowest BCUT2D eigenvalue weighted by molar-refractivity contribution is 0.00364. The molecule has 0 spiro atoms. The molecule has 0 fully saturated rings. The van der Waals surface area contributed by atoms with E-state index in [9.17, 15) is 55.9 Å². The largest absolute Gasteiger partial charge is 0.508 e. The van der Waals surface area contributed by atoms with E-state index < -0.39 is 76.4 Å². The van der Waals surface area contributed by atoms with Crippen molar-refractivity contribution in [2.75, 3.05) is 0 Å². The molecular formula is C30H24O13. The summed E-state index contributed by atoms with van der Waals surface area (Å²) >= 11 is 0. The number of carbonyl (C=O) groups is 1. The van der Waals surface area contributed by atoms with Gasteiger partial charge in [0.1, 0.15) is 29.1 Å². The third kappa shape index (κ3) is 4.29. The zero-order valence-corrected chi connectivity index (χ0v) is 21.8. The van der Waals surface area contributed by atoms with Crippen LogP contribution in [0.3, 0.4) is 0 Å². The van der Waals surface area contributed by atoms with Crippen LogP contribution in [-0.4, -0.2) is 69.1 Å². The number of hydrogen-bond donors (Lipinski definition) is 10. The van der Waals surface area contributed by atoms with Gasteiger partial charge in [-0.3, -0.25) is 4.79 Å². The number of fused-ring (bicyclic) bond motifs is 2. The Morgan fingerprint density at radius 1 is 0.605 bits per heavy atom. The second kappa shape index (κ2) is 9.79. The van der Waals surface area contributed by atoms with Gasteiger partial charge in [0, 0.05) is 34.2 Å². The van der Waals surface area contributed by atoms with Gasteiger partial charge in [-0.15, -0.1) is 0 Å². The first-order chi connectivity index (χ1) is 20.4. The van der Waals surface area contributed by atoms with E-state index in [1.165, 1.54) is 24.3 Å². The minimum atomic E-state index is -1.84. The zero-order valence-electron chi connectivity index (χ0n) is 21.8. The van der Waals surface area contributed by atoms with E-state index in [0.717, 1.165) is 30.3 Å². The molecule has 0 radical (unpaired) electrons. The summed E-state index contributed by atoms with van der Waals surface area (Å²) < 4.78 is 12.0. The van der Waals surface area contributed by atoms with Crippen molar-refractivity contribution in [3.8, 4) is 57.5 Å². The average molecular weight is 593 g/mol. The molecular weight excluding hydrogens is 568 g/mol. The highest BCUT2D eigenvalue weighted by atomic mass is 16.5. The fraction of sp³-hybridized carbons (Fsp3) is 0.167. The molecule has 6 rings (SSSR count). The van der Waals surface area contributed by atoms with E-state index in [1.807, 2.05) is 0 Å². The standard InChI is InChI=1S/C30H24O13/c31-12-1-2-13-20(9-12)42-28(10-5-16(33)24(38)17(34)6-10)26(40)21(13)22-15(32)4-3-14-23(37)27(41)29(43-30(14)22)11-7-18(35)25(39)19(36)8-11/h1-9,21,26-29,31-36,38-41H. The molecule has 2 aliphatic heterocycles. The minimum Gasteiger partial charge on any atom is -0.508 e. The number of aliphatic hydroxyl groups excluding tert-OH is 2. The number of aromatic hydroxyl groups is 8. The molecule has 0 bridgehead atoms. The molecule has 4 aromatic rings. The van der Waals surface area contributed by atoms with Crippen LogP contribution in [0.25, 0.3) is 0 Å². The number of phenols is 8. The number of hydrogen-bond acceptors (Lipinski definition) is 13. The van der Waals surface area contributed by atoms with Gasteiger partial charge in [-0.25, -0.2) is 0 Å². The van der Waals surface area contributed by atoms with Crippen molar-refractivity contribution in [3.63, 3.8) is 0 Å². The second-order valence-corrected chi connectivity index (χ2v) is 10.3. The van der Waals surface area contributed by atoms with Crippen molar-refractivity contribution < 1.29 is 65.3 Å². The lowest BCUT2D eigenvalue weighted by Gasteiger charge is -2.39. The molecule has 43 heavy (non-hydrogen) atoms. The van der Waals surface area contributed by atoms with Gasteiger partial charge in [-0.05, 0) is 42.5 Å². The smallest absolute Gasteiger partial charge is 0.200 e. The van der Waals surface area contributed by atoms with Crippen LogP contribution < -0.4 is 9.47 Å². The fourth-order valence-electron chi connectivity index (χ4n) is 5.57. The van der Waals surface area contributed by atoms with Crippen LogP contribution in [-0.2, 0) is 0 Å². The van der Waals surface area contributed by atoms with Crippen LogP contribution in [0.2, 0.25) is 0 Å². The molecule has 2 heterocycles. The summed E-state index contributed by atoms with van der Waals surface area (Å²) in [6.07, 6.45) is -6.38. The maximum Gasteiger partial charge on any atom is 0.200 e. The number of carbonyl (C=O) groups excluding carboxylic acids is 1. The highest BCUT2D eigenvalue weighted by Crippen LogP contribution is 2.54. The highest BCUT2D eigenvalue weighted by Gasteiger charge is 2.46. The molecule has 13 heteroatoms. The van der Waals surface area contributed by atoms with Crippen molar-refractivity contribution in [1.29, 1.82) is 0 Å². The summed E-state index contributed by atoms with van der Waals surface area (Å²) in [6, 6.07) is 10.4. The molecule has 0 aliphatic carbocycles. The summed E-state index contributed by atoms with van der Waals surface area (Å²) in [5, 5.41) is 104. The SMILES string of the molecule is O=C1c2ccc(O)c(C3c4ccc(O)cc4OC(c4cc(O)c(O)c(O)c4)C3O)c2OC(c2cc(O)c(O)c(O)c2)C1O. The Bertz CT molecular complexity index is 1750. The summed E-state index contributed by atoms with van der Waals surface area (Å²) in [5.41, 5.74) is -0.159. The number of ketones is 1. The van der Waals surface area contributed by atoms with E-state index in [0.29, 0.717) is 0 Å². The Morgan fingerprint density at radius 2 is 1.16 bits per heavy atom. The lowest BCUT2D eigenvalue weighted by Crippen LogP contribution is -2.39. The molecule has 0 amide bonds. The van der Waals surface area contributed by atoms with E-state index >= 15 is 0 Å². The van der Waals surface area contributed by atoms with E-state index in [1.54, 1.807) is 0 Å². The number of aliphatic hydroxyl groups is 2.